The maximum atomic E-state index is 12.6. The van der Waals surface area contributed by atoms with E-state index in [0.717, 1.165) is 11.1 Å². The van der Waals surface area contributed by atoms with Crippen molar-refractivity contribution in [2.24, 2.45) is 0 Å². The smallest absolute Gasteiger partial charge is 0.206 e. The molecule has 0 aliphatic carbocycles. The van der Waals surface area contributed by atoms with Gasteiger partial charge in [-0.2, -0.15) is 0 Å². The maximum absolute atomic E-state index is 12.6. The molecule has 0 saturated carbocycles. The molecule has 0 saturated heterocycles. The van der Waals surface area contributed by atoms with Gasteiger partial charge >= 0.3 is 0 Å². The molecule has 0 fully saturated rings. The van der Waals surface area contributed by atoms with Crippen LogP contribution in [0.5, 0.6) is 0 Å². The van der Waals surface area contributed by atoms with Crippen LogP contribution in [0.3, 0.4) is 0 Å². The first-order chi connectivity index (χ1) is 12.6. The van der Waals surface area contributed by atoms with Crippen molar-refractivity contribution in [3.05, 3.63) is 96.1 Å². The van der Waals surface area contributed by atoms with Crippen molar-refractivity contribution in [1.29, 1.82) is 0 Å². The molecule has 1 atom stereocenters. The molecule has 134 valence electrons. The minimum atomic E-state index is -3.49. The zero-order chi connectivity index (χ0) is 18.4. The van der Waals surface area contributed by atoms with Gasteiger partial charge in [0, 0.05) is 13.1 Å². The van der Waals surface area contributed by atoms with Gasteiger partial charge in [-0.05, 0) is 35.4 Å². The molecular formula is C21H21NO3S. The molecule has 0 bridgehead atoms. The van der Waals surface area contributed by atoms with Gasteiger partial charge in [-0.3, -0.25) is 0 Å². The van der Waals surface area contributed by atoms with Crippen molar-refractivity contribution in [1.82, 2.24) is 5.32 Å². The molecule has 2 N–H and O–H groups in total. The van der Waals surface area contributed by atoms with Gasteiger partial charge in [-0.25, -0.2) is 8.42 Å². The summed E-state index contributed by atoms with van der Waals surface area (Å²) in [6.07, 6.45) is -0.575. The van der Waals surface area contributed by atoms with Crippen LogP contribution < -0.4 is 5.32 Å². The Hall–Kier alpha value is -2.47. The first kappa shape index (κ1) is 18.3. The van der Waals surface area contributed by atoms with Gasteiger partial charge in [-0.1, -0.05) is 60.7 Å². The molecular weight excluding hydrogens is 346 g/mol. The molecule has 0 amide bonds. The van der Waals surface area contributed by atoms with E-state index in [4.69, 9.17) is 0 Å². The van der Waals surface area contributed by atoms with E-state index in [1.54, 1.807) is 54.6 Å². The van der Waals surface area contributed by atoms with Crippen LogP contribution in [0.15, 0.2) is 94.7 Å². The van der Waals surface area contributed by atoms with Crippen molar-refractivity contribution in [2.45, 2.75) is 22.4 Å². The summed E-state index contributed by atoms with van der Waals surface area (Å²) >= 11 is 0. The highest BCUT2D eigenvalue weighted by Crippen LogP contribution is 2.20. The van der Waals surface area contributed by atoms with Gasteiger partial charge in [-0.15, -0.1) is 0 Å². The zero-order valence-corrected chi connectivity index (χ0v) is 15.1. The molecule has 0 aliphatic heterocycles. The van der Waals surface area contributed by atoms with Crippen LogP contribution >= 0.6 is 0 Å². The lowest BCUT2D eigenvalue weighted by Crippen LogP contribution is -2.21. The van der Waals surface area contributed by atoms with Crippen LogP contribution in [0.4, 0.5) is 0 Å². The molecule has 4 nitrogen and oxygen atoms in total. The molecule has 0 spiro atoms. The van der Waals surface area contributed by atoms with Crippen molar-refractivity contribution in [3.8, 4) is 0 Å². The van der Waals surface area contributed by atoms with Gasteiger partial charge in [0.25, 0.3) is 0 Å². The number of aliphatic hydroxyl groups excluding tert-OH is 1. The molecule has 3 aromatic carbocycles. The number of rotatable bonds is 7. The first-order valence-electron chi connectivity index (χ1n) is 8.40. The van der Waals surface area contributed by atoms with Crippen LogP contribution in [0.25, 0.3) is 0 Å². The van der Waals surface area contributed by atoms with Crippen LogP contribution in [-0.4, -0.2) is 20.1 Å². The predicted molar refractivity (Wildman–Crippen MR) is 101 cm³/mol. The Kier molecular flexibility index (Phi) is 5.83. The first-order valence-corrected chi connectivity index (χ1v) is 9.88. The van der Waals surface area contributed by atoms with E-state index >= 15 is 0 Å². The number of aliphatic hydroxyl groups is 1. The second-order valence-electron chi connectivity index (χ2n) is 6.02. The average molecular weight is 367 g/mol. The molecule has 3 rings (SSSR count). The SMILES string of the molecule is O=S(=O)(c1ccccc1)c1ccc(CNC[C@H](O)c2ccccc2)cc1. The van der Waals surface area contributed by atoms with Gasteiger partial charge in [0.1, 0.15) is 0 Å². The highest BCUT2D eigenvalue weighted by Gasteiger charge is 2.16. The third kappa shape index (κ3) is 4.38. The fourth-order valence-electron chi connectivity index (χ4n) is 2.67. The van der Waals surface area contributed by atoms with Crippen molar-refractivity contribution < 1.29 is 13.5 Å². The molecule has 0 heterocycles. The summed E-state index contributed by atoms with van der Waals surface area (Å²) in [7, 11) is -3.49. The van der Waals surface area contributed by atoms with Crippen LogP contribution in [0.1, 0.15) is 17.2 Å². The topological polar surface area (TPSA) is 66.4 Å². The fourth-order valence-corrected chi connectivity index (χ4v) is 3.95. The standard InChI is InChI=1S/C21H21NO3S/c23-21(18-7-3-1-4-8-18)16-22-15-17-11-13-20(14-12-17)26(24,25)19-9-5-2-6-10-19/h1-14,21-23H,15-16H2/t21-/m0/s1. The van der Waals surface area contributed by atoms with Crippen LogP contribution in [0.2, 0.25) is 0 Å². The Morgan fingerprint density at radius 2 is 1.31 bits per heavy atom. The lowest BCUT2D eigenvalue weighted by Gasteiger charge is -2.12. The number of nitrogens with one attached hydrogen (secondary N) is 1. The van der Waals surface area contributed by atoms with Gasteiger partial charge in [0.2, 0.25) is 9.84 Å². The average Bonchev–Trinajstić information content (AvgIpc) is 2.69. The van der Waals surface area contributed by atoms with Gasteiger partial charge in [0.05, 0.1) is 15.9 Å². The van der Waals surface area contributed by atoms with E-state index in [2.05, 4.69) is 5.32 Å². The maximum Gasteiger partial charge on any atom is 0.206 e. The van der Waals surface area contributed by atoms with E-state index in [9.17, 15) is 13.5 Å². The van der Waals surface area contributed by atoms with E-state index in [0.29, 0.717) is 13.1 Å². The Labute approximate surface area is 154 Å². The molecule has 5 heteroatoms. The molecule has 0 aromatic heterocycles. The Bertz CT molecular complexity index is 924. The number of hydrogen-bond donors (Lipinski definition) is 2. The van der Waals surface area contributed by atoms with Crippen molar-refractivity contribution >= 4 is 9.84 Å². The highest BCUT2D eigenvalue weighted by molar-refractivity contribution is 7.91. The lowest BCUT2D eigenvalue weighted by atomic mass is 10.1. The van der Waals surface area contributed by atoms with E-state index in [-0.39, 0.29) is 9.79 Å². The molecule has 0 unspecified atom stereocenters. The molecule has 3 aromatic rings. The van der Waals surface area contributed by atoms with Crippen LogP contribution in [-0.2, 0) is 16.4 Å². The Morgan fingerprint density at radius 3 is 1.92 bits per heavy atom. The highest BCUT2D eigenvalue weighted by atomic mass is 32.2. The Morgan fingerprint density at radius 1 is 0.769 bits per heavy atom. The summed E-state index contributed by atoms with van der Waals surface area (Å²) in [5, 5.41) is 13.3. The second kappa shape index (κ2) is 8.27. The summed E-state index contributed by atoms with van der Waals surface area (Å²) in [4.78, 5) is 0.564. The van der Waals surface area contributed by atoms with E-state index in [1.165, 1.54) is 0 Å². The summed E-state index contributed by atoms with van der Waals surface area (Å²) in [5.74, 6) is 0. The number of benzene rings is 3. The summed E-state index contributed by atoms with van der Waals surface area (Å²) in [6, 6.07) is 24.7. The predicted octanol–water partition coefficient (Wildman–Crippen LogP) is 3.34. The third-order valence-electron chi connectivity index (χ3n) is 4.14. The quantitative estimate of drug-likeness (QED) is 0.672. The minimum absolute atomic E-state index is 0.275. The Balaban J connectivity index is 1.60. The van der Waals surface area contributed by atoms with E-state index < -0.39 is 15.9 Å². The minimum Gasteiger partial charge on any atom is -0.387 e. The van der Waals surface area contributed by atoms with Crippen molar-refractivity contribution in [2.75, 3.05) is 6.54 Å². The van der Waals surface area contributed by atoms with Crippen molar-refractivity contribution in [3.63, 3.8) is 0 Å². The van der Waals surface area contributed by atoms with E-state index in [1.807, 2.05) is 30.3 Å². The van der Waals surface area contributed by atoms with Gasteiger partial charge in [0.15, 0.2) is 0 Å². The summed E-state index contributed by atoms with van der Waals surface area (Å²) in [6.45, 7) is 0.976. The summed E-state index contributed by atoms with van der Waals surface area (Å²) < 4.78 is 25.1. The zero-order valence-electron chi connectivity index (χ0n) is 14.2. The molecule has 0 aliphatic rings. The summed E-state index contributed by atoms with van der Waals surface area (Å²) in [5.41, 5.74) is 1.82. The number of sulfone groups is 1. The lowest BCUT2D eigenvalue weighted by molar-refractivity contribution is 0.174. The molecule has 26 heavy (non-hydrogen) atoms. The second-order valence-corrected chi connectivity index (χ2v) is 7.97. The monoisotopic (exact) mass is 367 g/mol. The van der Waals surface area contributed by atoms with Crippen LogP contribution in [0, 0.1) is 0 Å². The fraction of sp³-hybridized carbons (Fsp3) is 0.143. The van der Waals surface area contributed by atoms with Gasteiger partial charge < -0.3 is 10.4 Å². The third-order valence-corrected chi connectivity index (χ3v) is 5.92. The molecule has 0 radical (unpaired) electrons. The largest absolute Gasteiger partial charge is 0.387 e. The number of hydrogen-bond acceptors (Lipinski definition) is 4. The normalized spacial score (nSPS) is 12.7.